The Morgan fingerprint density at radius 1 is 0.815 bits per heavy atom. The number of methoxy groups -OCH3 is 1. The number of nitrogens with zero attached hydrogens (tertiary/aromatic N) is 1. The normalized spacial score (nSPS) is 11.5. The number of benzene rings is 4. The van der Waals surface area contributed by atoms with Crippen molar-refractivity contribution in [1.29, 1.82) is 0 Å². The summed E-state index contributed by atoms with van der Waals surface area (Å²) >= 11 is 2.11. The molecule has 54 heavy (non-hydrogen) atoms. The molecule has 0 spiro atoms. The van der Waals surface area contributed by atoms with Crippen LogP contribution in [0, 0.1) is 17.0 Å². The van der Waals surface area contributed by atoms with E-state index in [1.165, 1.54) is 31.4 Å². The van der Waals surface area contributed by atoms with Gasteiger partial charge in [0.05, 0.1) is 33.3 Å². The molecule has 5 rings (SSSR count). The molecule has 0 aliphatic heterocycles. The fourth-order valence-corrected chi connectivity index (χ4v) is 7.09. The number of carbonyl (C=O) groups is 5. The summed E-state index contributed by atoms with van der Waals surface area (Å²) in [6.45, 7) is 3.25. The summed E-state index contributed by atoms with van der Waals surface area (Å²) in [4.78, 5) is 77.9. The lowest BCUT2D eigenvalue weighted by atomic mass is 10.1. The van der Waals surface area contributed by atoms with Gasteiger partial charge in [0, 0.05) is 27.9 Å². The maximum absolute atomic E-state index is 13.6. The largest absolute Gasteiger partial charge is 0.465 e. The summed E-state index contributed by atoms with van der Waals surface area (Å²) in [5, 5.41) is 22.0. The number of nitrogens with one attached hydrogen (secondary N) is 4. The Bertz CT molecular complexity index is 2260. The highest BCUT2D eigenvalue weighted by Crippen LogP contribution is 2.35. The van der Waals surface area contributed by atoms with Crippen molar-refractivity contribution in [2.24, 2.45) is 0 Å². The van der Waals surface area contributed by atoms with Crippen LogP contribution in [-0.2, 0) is 14.3 Å². The number of rotatable bonds is 13. The molecule has 0 saturated carbocycles. The van der Waals surface area contributed by atoms with E-state index < -0.39 is 39.8 Å². The first kappa shape index (κ1) is 38.6. The third-order valence-corrected chi connectivity index (χ3v) is 10.0. The highest BCUT2D eigenvalue weighted by Gasteiger charge is 2.28. The molecule has 5 aromatic rings. The zero-order chi connectivity index (χ0) is 38.8. The molecule has 0 saturated heterocycles. The van der Waals surface area contributed by atoms with Gasteiger partial charge in [-0.05, 0) is 74.0 Å². The molecule has 13 nitrogen and oxygen atoms in total. The average molecular weight is 764 g/mol. The van der Waals surface area contributed by atoms with Gasteiger partial charge < -0.3 is 26.0 Å². The fourth-order valence-electron chi connectivity index (χ4n) is 5.07. The van der Waals surface area contributed by atoms with Crippen LogP contribution in [0.4, 0.5) is 22.1 Å². The lowest BCUT2D eigenvalue weighted by Crippen LogP contribution is -2.30. The number of nitro groups is 1. The number of anilines is 3. The summed E-state index contributed by atoms with van der Waals surface area (Å²) < 4.78 is 4.95. The monoisotopic (exact) mass is 763 g/mol. The summed E-state index contributed by atoms with van der Waals surface area (Å²) in [6.07, 6.45) is 1.23. The second-order valence-corrected chi connectivity index (χ2v) is 13.9. The predicted octanol–water partition coefficient (Wildman–Crippen LogP) is 7.53. The first-order chi connectivity index (χ1) is 25.9. The topological polar surface area (TPSA) is 186 Å². The molecule has 4 N–H and O–H groups in total. The number of nitro benzene ring substituents is 1. The van der Waals surface area contributed by atoms with Crippen molar-refractivity contribution in [3.63, 3.8) is 0 Å². The summed E-state index contributed by atoms with van der Waals surface area (Å²) in [5.74, 6) is -2.97. The zero-order valence-electron chi connectivity index (χ0n) is 29.1. The molecular formula is C39H33N5O8S2. The molecule has 0 bridgehead atoms. The van der Waals surface area contributed by atoms with E-state index in [9.17, 15) is 34.1 Å². The first-order valence-electron chi connectivity index (χ1n) is 16.2. The molecule has 1 unspecified atom stereocenters. The third kappa shape index (κ3) is 9.64. The van der Waals surface area contributed by atoms with E-state index in [1.54, 1.807) is 98.8 Å². The van der Waals surface area contributed by atoms with E-state index in [0.717, 1.165) is 23.1 Å². The highest BCUT2D eigenvalue weighted by atomic mass is 32.2. The molecule has 15 heteroatoms. The van der Waals surface area contributed by atoms with Crippen LogP contribution in [0.1, 0.15) is 48.4 Å². The van der Waals surface area contributed by atoms with Gasteiger partial charge in [-0.3, -0.25) is 29.3 Å². The Balaban J connectivity index is 1.32. The van der Waals surface area contributed by atoms with Gasteiger partial charge in [-0.15, -0.1) is 23.1 Å². The van der Waals surface area contributed by atoms with Gasteiger partial charge in [0.2, 0.25) is 5.91 Å². The minimum atomic E-state index is -0.749. The minimum absolute atomic E-state index is 0.0695. The second kappa shape index (κ2) is 17.8. The number of hydrogen-bond acceptors (Lipinski definition) is 10. The Labute approximate surface area is 318 Å². The van der Waals surface area contributed by atoms with E-state index in [0.29, 0.717) is 21.8 Å². The van der Waals surface area contributed by atoms with Gasteiger partial charge in [0.25, 0.3) is 23.4 Å². The van der Waals surface area contributed by atoms with Crippen molar-refractivity contribution >= 4 is 80.8 Å². The van der Waals surface area contributed by atoms with Crippen molar-refractivity contribution in [3.8, 4) is 0 Å². The molecule has 274 valence electrons. The van der Waals surface area contributed by atoms with Gasteiger partial charge in [-0.25, -0.2) is 4.79 Å². The fraction of sp³-hybridized carbons (Fsp3) is 0.103. The molecule has 4 amide bonds. The number of thioether (sulfide) groups is 1. The van der Waals surface area contributed by atoms with E-state index in [-0.39, 0.29) is 38.0 Å². The lowest BCUT2D eigenvalue weighted by Gasteiger charge is -2.14. The van der Waals surface area contributed by atoms with E-state index in [1.807, 2.05) is 6.07 Å². The standard InChI is InChI=1S/C39H33N5O8S2/c1-23-32(39(49)52-3)38(54-33(23)37(48)40-27-16-8-5-9-17-27)43-34(45)24(2)53-29-19-12-18-28(22-29)41-36(47)30(42-35(46)25-13-6-4-7-14-25)21-26-15-10-11-20-31(26)44(50)51/h4-22,24H,1-3H3,(H,40,48)(H,41,47)(H,42,46)(H,43,45)/b30-21+. The van der Waals surface area contributed by atoms with E-state index >= 15 is 0 Å². The number of para-hydroxylation sites is 2. The molecule has 0 radical (unpaired) electrons. The smallest absolute Gasteiger partial charge is 0.341 e. The molecule has 0 aliphatic carbocycles. The zero-order valence-corrected chi connectivity index (χ0v) is 30.7. The number of carbonyl (C=O) groups excluding carboxylic acids is 5. The van der Waals surface area contributed by atoms with Crippen LogP contribution in [0.5, 0.6) is 0 Å². The van der Waals surface area contributed by atoms with Crippen molar-refractivity contribution in [1.82, 2.24) is 5.32 Å². The average Bonchev–Trinajstić information content (AvgIpc) is 3.50. The molecule has 0 fully saturated rings. The van der Waals surface area contributed by atoms with Crippen LogP contribution in [0.2, 0.25) is 0 Å². The third-order valence-electron chi connectivity index (χ3n) is 7.75. The Morgan fingerprint density at radius 3 is 2.15 bits per heavy atom. The van der Waals surface area contributed by atoms with E-state index in [2.05, 4.69) is 21.3 Å². The Morgan fingerprint density at radius 2 is 1.46 bits per heavy atom. The molecule has 0 aliphatic rings. The summed E-state index contributed by atoms with van der Waals surface area (Å²) in [5.41, 5.74) is 1.18. The summed E-state index contributed by atoms with van der Waals surface area (Å²) in [7, 11) is 1.21. The molecule has 1 heterocycles. The highest BCUT2D eigenvalue weighted by molar-refractivity contribution is 8.00. The van der Waals surface area contributed by atoms with Crippen LogP contribution >= 0.6 is 23.1 Å². The van der Waals surface area contributed by atoms with Crippen LogP contribution in [-0.4, -0.2) is 46.9 Å². The lowest BCUT2D eigenvalue weighted by molar-refractivity contribution is -0.385. The summed E-state index contributed by atoms with van der Waals surface area (Å²) in [6, 6.07) is 29.4. The predicted molar refractivity (Wildman–Crippen MR) is 209 cm³/mol. The first-order valence-corrected chi connectivity index (χ1v) is 17.9. The number of ether oxygens (including phenoxy) is 1. The van der Waals surface area contributed by atoms with Crippen LogP contribution in [0.15, 0.2) is 120 Å². The number of esters is 1. The van der Waals surface area contributed by atoms with Gasteiger partial charge in [0.15, 0.2) is 0 Å². The Hall–Kier alpha value is -6.58. The van der Waals surface area contributed by atoms with Gasteiger partial charge in [0.1, 0.15) is 10.7 Å². The molecular weight excluding hydrogens is 731 g/mol. The Kier molecular flexibility index (Phi) is 12.7. The quantitative estimate of drug-likeness (QED) is 0.0309. The van der Waals surface area contributed by atoms with Crippen LogP contribution < -0.4 is 21.3 Å². The second-order valence-electron chi connectivity index (χ2n) is 11.5. The van der Waals surface area contributed by atoms with Crippen molar-refractivity contribution in [3.05, 3.63) is 152 Å². The molecule has 4 aromatic carbocycles. The number of amides is 4. The minimum Gasteiger partial charge on any atom is -0.465 e. The molecule has 1 aromatic heterocycles. The SMILES string of the molecule is COC(=O)c1c(NC(=O)C(C)Sc2cccc(NC(=O)/C(=C\c3ccccc3[N+](=O)[O-])NC(=O)c3ccccc3)c2)sc(C(=O)Nc2ccccc2)c1C. The van der Waals surface area contributed by atoms with Crippen molar-refractivity contribution in [2.45, 2.75) is 24.0 Å². The van der Waals surface area contributed by atoms with Gasteiger partial charge in [-0.1, -0.05) is 54.6 Å². The van der Waals surface area contributed by atoms with Crippen molar-refractivity contribution < 1.29 is 33.6 Å². The maximum atomic E-state index is 13.6. The maximum Gasteiger partial charge on any atom is 0.341 e. The molecule has 1 atom stereocenters. The van der Waals surface area contributed by atoms with Crippen LogP contribution in [0.25, 0.3) is 6.08 Å². The van der Waals surface area contributed by atoms with Gasteiger partial charge >= 0.3 is 5.97 Å². The number of hydrogen-bond donors (Lipinski definition) is 4. The van der Waals surface area contributed by atoms with Crippen molar-refractivity contribution in [2.75, 3.05) is 23.1 Å². The van der Waals surface area contributed by atoms with Gasteiger partial charge in [-0.2, -0.15) is 0 Å². The number of thiophene rings is 1. The van der Waals surface area contributed by atoms with Crippen LogP contribution in [0.3, 0.4) is 0 Å². The van der Waals surface area contributed by atoms with E-state index in [4.69, 9.17) is 4.74 Å².